The average Bonchev–Trinajstić information content (AvgIpc) is 2.81. The van der Waals surface area contributed by atoms with E-state index < -0.39 is 0 Å². The molecule has 1 aromatic heterocycles. The van der Waals surface area contributed by atoms with Crippen molar-refractivity contribution in [1.82, 2.24) is 0 Å². The second-order valence-corrected chi connectivity index (χ2v) is 9.66. The van der Waals surface area contributed by atoms with Gasteiger partial charge < -0.3 is 0 Å². The van der Waals surface area contributed by atoms with Crippen LogP contribution in [0.1, 0.15) is 57.1 Å². The largest absolute Gasteiger partial charge is 0.409 e. The molecule has 0 radical (unpaired) electrons. The Hall–Kier alpha value is -2.55. The molecule has 5 rings (SSSR count). The molecule has 0 bridgehead atoms. The highest BCUT2D eigenvalue weighted by Crippen LogP contribution is 2.34. The Bertz CT molecular complexity index is 1160. The smallest absolute Gasteiger partial charge is 0.290 e. The number of pyridine rings is 1. The van der Waals surface area contributed by atoms with E-state index in [9.17, 15) is 0 Å². The average molecular weight is 409 g/mol. The van der Waals surface area contributed by atoms with Gasteiger partial charge in [0.25, 0.3) is 5.82 Å². The maximum Gasteiger partial charge on any atom is 0.409 e. The minimum absolute atomic E-state index is 0.315. The van der Waals surface area contributed by atoms with E-state index in [0.29, 0.717) is 6.85 Å². The highest BCUT2D eigenvalue weighted by Gasteiger charge is 2.39. The Labute approximate surface area is 187 Å². The molecule has 0 spiro atoms. The highest BCUT2D eigenvalue weighted by molar-refractivity contribution is 6.77. The Morgan fingerprint density at radius 1 is 0.968 bits per heavy atom. The van der Waals surface area contributed by atoms with Crippen LogP contribution in [0.2, 0.25) is 6.82 Å². The lowest BCUT2D eigenvalue weighted by atomic mass is 9.52. The molecule has 0 amide bonds. The molecule has 1 aliphatic carbocycles. The van der Waals surface area contributed by atoms with Crippen molar-refractivity contribution in [2.75, 3.05) is 4.81 Å². The zero-order chi connectivity index (χ0) is 21.5. The summed E-state index contributed by atoms with van der Waals surface area (Å²) in [6, 6.07) is 20.4. The molecule has 31 heavy (non-hydrogen) atoms. The van der Waals surface area contributed by atoms with E-state index in [2.05, 4.69) is 91.7 Å². The fourth-order valence-electron chi connectivity index (χ4n) is 5.97. The summed E-state index contributed by atoms with van der Waals surface area (Å²) in [7, 11) is 2.23. The van der Waals surface area contributed by atoms with Crippen molar-refractivity contribution in [3.63, 3.8) is 0 Å². The summed E-state index contributed by atoms with van der Waals surface area (Å²) < 4.78 is 2.40. The van der Waals surface area contributed by atoms with Gasteiger partial charge in [0, 0.05) is 11.5 Å². The van der Waals surface area contributed by atoms with Crippen molar-refractivity contribution < 1.29 is 4.57 Å². The lowest BCUT2D eigenvalue weighted by Gasteiger charge is -2.32. The molecule has 0 saturated heterocycles. The summed E-state index contributed by atoms with van der Waals surface area (Å²) in [5.74, 6) is 2.14. The first kappa shape index (κ1) is 20.4. The van der Waals surface area contributed by atoms with Crippen LogP contribution < -0.4 is 14.8 Å². The predicted octanol–water partition coefficient (Wildman–Crippen LogP) is 5.89. The number of allylic oxidation sites excluding steroid dienone is 2. The fraction of sp³-hybridized carbons (Fsp3) is 0.393. The fourth-order valence-corrected chi connectivity index (χ4v) is 5.97. The van der Waals surface area contributed by atoms with Gasteiger partial charge in [-0.2, -0.15) is 0 Å². The summed E-state index contributed by atoms with van der Waals surface area (Å²) in [5, 5.41) is 1.42. The number of anilines is 1. The third-order valence-corrected chi connectivity index (χ3v) is 7.84. The Morgan fingerprint density at radius 2 is 1.68 bits per heavy atom. The van der Waals surface area contributed by atoms with E-state index in [0.717, 1.165) is 5.92 Å². The molecule has 0 atom stereocenters. The lowest BCUT2D eigenvalue weighted by Crippen LogP contribution is -2.53. The molecule has 2 heterocycles. The van der Waals surface area contributed by atoms with Crippen molar-refractivity contribution in [2.45, 2.75) is 59.2 Å². The normalized spacial score (nSPS) is 17.4. The van der Waals surface area contributed by atoms with E-state index in [4.69, 9.17) is 0 Å². The summed E-state index contributed by atoms with van der Waals surface area (Å²) in [4.78, 5) is 2.56. The van der Waals surface area contributed by atoms with Crippen molar-refractivity contribution in [3.8, 4) is 0 Å². The molecule has 1 aliphatic heterocycles. The molecule has 3 aromatic rings. The molecule has 2 aliphatic rings. The lowest BCUT2D eigenvalue weighted by molar-refractivity contribution is -0.631. The van der Waals surface area contributed by atoms with Crippen LogP contribution in [0.25, 0.3) is 16.5 Å². The van der Waals surface area contributed by atoms with E-state index in [-0.39, 0.29) is 0 Å². The van der Waals surface area contributed by atoms with E-state index in [1.54, 1.807) is 0 Å². The number of hydrogen-bond donors (Lipinski definition) is 0. The summed E-state index contributed by atoms with van der Waals surface area (Å²) in [5.41, 5.74) is 8.42. The molecular weight excluding hydrogens is 375 g/mol. The maximum atomic E-state index is 2.56. The zero-order valence-corrected chi connectivity index (χ0v) is 19.5. The molecule has 0 unspecified atom stereocenters. The first-order chi connectivity index (χ1) is 15.1. The topological polar surface area (TPSA) is 7.12 Å². The summed E-state index contributed by atoms with van der Waals surface area (Å²) in [6.07, 6.45) is 8.19. The van der Waals surface area contributed by atoms with Crippen molar-refractivity contribution in [1.29, 1.82) is 0 Å². The van der Waals surface area contributed by atoms with Crippen LogP contribution in [0.15, 0.2) is 60.3 Å². The van der Waals surface area contributed by atoms with Crippen LogP contribution >= 0.6 is 0 Å². The van der Waals surface area contributed by atoms with Crippen LogP contribution in [0, 0.1) is 5.92 Å². The minimum atomic E-state index is 0.315. The summed E-state index contributed by atoms with van der Waals surface area (Å²) >= 11 is 0. The quantitative estimate of drug-likeness (QED) is 0.387. The molecular formula is C28H34BN2+. The van der Waals surface area contributed by atoms with Crippen LogP contribution in [0.4, 0.5) is 5.82 Å². The minimum Gasteiger partial charge on any atom is -0.290 e. The van der Waals surface area contributed by atoms with Crippen LogP contribution in [-0.4, -0.2) is 6.85 Å². The van der Waals surface area contributed by atoms with E-state index in [1.165, 1.54) is 83.1 Å². The number of para-hydroxylation sites is 1. The van der Waals surface area contributed by atoms with Crippen molar-refractivity contribution in [3.05, 3.63) is 71.4 Å². The molecule has 1 saturated carbocycles. The van der Waals surface area contributed by atoms with Gasteiger partial charge in [-0.3, -0.25) is 4.81 Å². The van der Waals surface area contributed by atoms with Gasteiger partial charge in [-0.25, -0.2) is 4.57 Å². The molecule has 0 N–H and O–H groups in total. The Kier molecular flexibility index (Phi) is 5.38. The van der Waals surface area contributed by atoms with Gasteiger partial charge in [0.1, 0.15) is 5.52 Å². The first-order valence-electron chi connectivity index (χ1n) is 12.0. The molecule has 2 nitrogen and oxygen atoms in total. The van der Waals surface area contributed by atoms with Gasteiger partial charge in [0.2, 0.25) is 0 Å². The third kappa shape index (κ3) is 3.48. The van der Waals surface area contributed by atoms with Crippen LogP contribution in [0.3, 0.4) is 0 Å². The number of fused-ring (bicyclic) bond motifs is 2. The van der Waals surface area contributed by atoms with E-state index >= 15 is 0 Å². The SMILES string of the molecule is CB1c2ccccc2C(C)=C(C)N1c1cc(CC2CCCCC2)c2ccccc2[n+]1C. The second kappa shape index (κ2) is 8.18. The van der Waals surface area contributed by atoms with Gasteiger partial charge in [-0.15, -0.1) is 0 Å². The second-order valence-electron chi connectivity index (χ2n) is 9.66. The number of rotatable bonds is 3. The summed E-state index contributed by atoms with van der Waals surface area (Å²) in [6.45, 7) is 7.23. The van der Waals surface area contributed by atoms with Gasteiger partial charge in [-0.05, 0) is 61.2 Å². The van der Waals surface area contributed by atoms with E-state index in [1.807, 2.05) is 0 Å². The number of nitrogens with zero attached hydrogens (tertiary/aromatic N) is 2. The Balaban J connectivity index is 1.66. The Morgan fingerprint density at radius 3 is 2.48 bits per heavy atom. The van der Waals surface area contributed by atoms with Crippen molar-refractivity contribution >= 4 is 34.6 Å². The zero-order valence-electron chi connectivity index (χ0n) is 19.5. The molecule has 3 heteroatoms. The van der Waals surface area contributed by atoms with Crippen LogP contribution in [-0.2, 0) is 13.5 Å². The number of aryl methyl sites for hydroxylation is 1. The predicted molar refractivity (Wildman–Crippen MR) is 134 cm³/mol. The molecule has 2 aromatic carbocycles. The first-order valence-corrected chi connectivity index (χ1v) is 12.0. The molecule has 1 fully saturated rings. The monoisotopic (exact) mass is 409 g/mol. The van der Waals surface area contributed by atoms with Gasteiger partial charge in [-0.1, -0.05) is 74.6 Å². The van der Waals surface area contributed by atoms with Gasteiger partial charge in [0.05, 0.1) is 12.7 Å². The maximum absolute atomic E-state index is 2.56. The van der Waals surface area contributed by atoms with Gasteiger partial charge >= 0.3 is 6.85 Å². The highest BCUT2D eigenvalue weighted by atomic mass is 15.2. The standard InChI is InChI=1S/C28H34BN2/c1-20-21(2)31(29(3)26-16-10-8-14-24(20)26)28-19-23(18-22-12-6-5-7-13-22)25-15-9-11-17-27(25)30(28)4/h8-11,14-17,19,22H,5-7,12-13,18H2,1-4H3/q+1. The third-order valence-electron chi connectivity index (χ3n) is 7.84. The van der Waals surface area contributed by atoms with Crippen LogP contribution in [0.5, 0.6) is 0 Å². The van der Waals surface area contributed by atoms with Crippen molar-refractivity contribution in [2.24, 2.45) is 13.0 Å². The number of hydrogen-bond acceptors (Lipinski definition) is 1. The molecule has 158 valence electrons. The number of aromatic nitrogens is 1. The van der Waals surface area contributed by atoms with Gasteiger partial charge in [0.15, 0.2) is 0 Å². The number of benzene rings is 2.